The average molecular weight is 503 g/mol. The summed E-state index contributed by atoms with van der Waals surface area (Å²) in [4.78, 5) is 36.9. The highest BCUT2D eigenvalue weighted by Crippen LogP contribution is 2.67. The van der Waals surface area contributed by atoms with Gasteiger partial charge in [0.05, 0.1) is 11.3 Å². The molecule has 1 saturated heterocycles. The second-order valence-electron chi connectivity index (χ2n) is 11.1. The van der Waals surface area contributed by atoms with E-state index in [4.69, 9.17) is 18.9 Å². The Bertz CT molecular complexity index is 936. The zero-order valence-corrected chi connectivity index (χ0v) is 22.6. The quantitative estimate of drug-likeness (QED) is 0.174. The predicted octanol–water partition coefficient (Wildman–Crippen LogP) is 5.64. The standard InChI is InChI=1S/C29H42O7/c1-9-17(3)11-13-28(8)19(5)12-14-29-23(26(33-20(6)30)36-27(29)34-21(7)31)15-22(16-24(28)29)35-25(32)18(4)10-2/h9,15,18-19,22,24,26-27H,1,3,10-14,16H2,2,4-8H3/t18?,19-,22+,24+,26+,27-,28-,29-/m1/s1. The molecule has 1 unspecified atom stereocenters. The predicted molar refractivity (Wildman–Crippen MR) is 135 cm³/mol. The molecule has 200 valence electrons. The minimum atomic E-state index is -1.000. The van der Waals surface area contributed by atoms with Crippen molar-refractivity contribution in [2.75, 3.05) is 0 Å². The van der Waals surface area contributed by atoms with Gasteiger partial charge in [0.25, 0.3) is 0 Å². The highest BCUT2D eigenvalue weighted by molar-refractivity contribution is 5.72. The zero-order chi connectivity index (χ0) is 26.8. The van der Waals surface area contributed by atoms with Gasteiger partial charge in [0.1, 0.15) is 6.10 Å². The highest BCUT2D eigenvalue weighted by atomic mass is 16.8. The molecule has 7 heteroatoms. The topological polar surface area (TPSA) is 88.1 Å². The van der Waals surface area contributed by atoms with E-state index in [1.807, 2.05) is 19.9 Å². The SMILES string of the molecule is C=CC(=C)CC[C@]1(C)[C@H](C)CC[C@@]23C(=C[C@H](OC(=O)C(C)CC)C[C@@H]12)[C@@H](OC(C)=O)O[C@H]3OC(C)=O. The van der Waals surface area contributed by atoms with E-state index in [1.54, 1.807) is 6.08 Å². The number of hydrogen-bond acceptors (Lipinski definition) is 7. The van der Waals surface area contributed by atoms with Crippen molar-refractivity contribution >= 4 is 17.9 Å². The number of esters is 3. The second-order valence-corrected chi connectivity index (χ2v) is 11.1. The van der Waals surface area contributed by atoms with Crippen LogP contribution in [0.3, 0.4) is 0 Å². The molecule has 3 aliphatic rings. The lowest BCUT2D eigenvalue weighted by atomic mass is 9.46. The Morgan fingerprint density at radius 3 is 2.47 bits per heavy atom. The molecule has 1 saturated carbocycles. The Balaban J connectivity index is 2.13. The maximum absolute atomic E-state index is 12.8. The monoisotopic (exact) mass is 502 g/mol. The first-order chi connectivity index (χ1) is 16.9. The minimum Gasteiger partial charge on any atom is -0.458 e. The fourth-order valence-corrected chi connectivity index (χ4v) is 6.39. The Morgan fingerprint density at radius 1 is 1.22 bits per heavy atom. The molecule has 0 amide bonds. The van der Waals surface area contributed by atoms with Crippen molar-refractivity contribution in [2.24, 2.45) is 28.6 Å². The molecule has 0 N–H and O–H groups in total. The van der Waals surface area contributed by atoms with E-state index in [1.165, 1.54) is 13.8 Å². The van der Waals surface area contributed by atoms with Gasteiger partial charge in [-0.3, -0.25) is 19.1 Å². The van der Waals surface area contributed by atoms with Crippen molar-refractivity contribution in [1.82, 2.24) is 0 Å². The maximum Gasteiger partial charge on any atom is 0.309 e. The fraction of sp³-hybridized carbons (Fsp3) is 0.690. The number of carbonyl (C=O) groups excluding carboxylic acids is 3. The van der Waals surface area contributed by atoms with Crippen LogP contribution in [0.1, 0.15) is 80.1 Å². The van der Waals surface area contributed by atoms with Gasteiger partial charge in [0, 0.05) is 19.4 Å². The van der Waals surface area contributed by atoms with Crippen LogP contribution in [-0.4, -0.2) is 36.6 Å². The summed E-state index contributed by atoms with van der Waals surface area (Å²) in [6, 6.07) is 0. The molecule has 7 nitrogen and oxygen atoms in total. The molecular formula is C29H42O7. The molecule has 0 aromatic carbocycles. The number of hydrogen-bond donors (Lipinski definition) is 0. The van der Waals surface area contributed by atoms with E-state index in [0.29, 0.717) is 25.2 Å². The van der Waals surface area contributed by atoms with Crippen LogP contribution in [0.15, 0.2) is 36.5 Å². The number of allylic oxidation sites excluding steroid dienone is 2. The molecule has 2 fully saturated rings. The summed E-state index contributed by atoms with van der Waals surface area (Å²) in [7, 11) is 0. The van der Waals surface area contributed by atoms with Crippen LogP contribution < -0.4 is 0 Å². The molecule has 36 heavy (non-hydrogen) atoms. The summed E-state index contributed by atoms with van der Waals surface area (Å²) in [5.74, 6) is -1.13. The van der Waals surface area contributed by atoms with Crippen LogP contribution in [0.2, 0.25) is 0 Å². The van der Waals surface area contributed by atoms with Crippen molar-refractivity contribution in [2.45, 2.75) is 98.8 Å². The molecule has 1 heterocycles. The molecular weight excluding hydrogens is 460 g/mol. The van der Waals surface area contributed by atoms with Crippen LogP contribution in [0.5, 0.6) is 0 Å². The van der Waals surface area contributed by atoms with E-state index in [2.05, 4.69) is 27.0 Å². The van der Waals surface area contributed by atoms with Crippen LogP contribution in [0.25, 0.3) is 0 Å². The molecule has 2 aliphatic carbocycles. The summed E-state index contributed by atoms with van der Waals surface area (Å²) < 4.78 is 23.5. The summed E-state index contributed by atoms with van der Waals surface area (Å²) in [5.41, 5.74) is 0.814. The van der Waals surface area contributed by atoms with Crippen LogP contribution in [0.4, 0.5) is 0 Å². The second kappa shape index (κ2) is 10.9. The lowest BCUT2D eigenvalue weighted by Crippen LogP contribution is -2.57. The van der Waals surface area contributed by atoms with Crippen molar-refractivity contribution in [3.05, 3.63) is 36.5 Å². The maximum atomic E-state index is 12.8. The lowest BCUT2D eigenvalue weighted by Gasteiger charge is -2.58. The summed E-state index contributed by atoms with van der Waals surface area (Å²) in [5, 5.41) is 0. The van der Waals surface area contributed by atoms with E-state index in [-0.39, 0.29) is 23.2 Å². The third-order valence-electron chi connectivity index (χ3n) is 8.93. The van der Waals surface area contributed by atoms with Crippen LogP contribution in [0, 0.1) is 28.6 Å². The lowest BCUT2D eigenvalue weighted by molar-refractivity contribution is -0.236. The third-order valence-corrected chi connectivity index (χ3v) is 8.93. The summed E-state index contributed by atoms with van der Waals surface area (Å²) >= 11 is 0. The molecule has 0 bridgehead atoms. The highest BCUT2D eigenvalue weighted by Gasteiger charge is 2.67. The molecule has 1 aliphatic heterocycles. The van der Waals surface area contributed by atoms with E-state index in [9.17, 15) is 14.4 Å². The van der Waals surface area contributed by atoms with Gasteiger partial charge in [-0.25, -0.2) is 0 Å². The molecule has 0 radical (unpaired) electrons. The third kappa shape index (κ3) is 5.17. The first-order valence-electron chi connectivity index (χ1n) is 13.1. The van der Waals surface area contributed by atoms with Crippen LogP contribution in [-0.2, 0) is 33.3 Å². The van der Waals surface area contributed by atoms with Crippen molar-refractivity contribution in [3.8, 4) is 0 Å². The largest absolute Gasteiger partial charge is 0.458 e. The molecule has 0 aromatic rings. The minimum absolute atomic E-state index is 0.0500. The Hall–Kier alpha value is -2.41. The van der Waals surface area contributed by atoms with E-state index in [0.717, 1.165) is 30.4 Å². The molecule has 0 aromatic heterocycles. The van der Waals surface area contributed by atoms with Gasteiger partial charge in [-0.1, -0.05) is 52.5 Å². The van der Waals surface area contributed by atoms with E-state index >= 15 is 0 Å². The summed E-state index contributed by atoms with van der Waals surface area (Å²) in [6.45, 7) is 19.0. The first-order valence-corrected chi connectivity index (χ1v) is 13.1. The number of rotatable bonds is 9. The normalized spacial score (nSPS) is 35.9. The van der Waals surface area contributed by atoms with Crippen molar-refractivity contribution < 1.29 is 33.3 Å². The Kier molecular flexibility index (Phi) is 8.54. The Labute approximate surface area is 215 Å². The van der Waals surface area contributed by atoms with Gasteiger partial charge < -0.3 is 14.2 Å². The molecule has 3 rings (SSSR count). The van der Waals surface area contributed by atoms with Gasteiger partial charge in [-0.05, 0) is 61.9 Å². The van der Waals surface area contributed by atoms with Crippen molar-refractivity contribution in [1.29, 1.82) is 0 Å². The molecule has 1 spiro atoms. The summed E-state index contributed by atoms with van der Waals surface area (Å²) in [6.07, 6.45) is 5.75. The smallest absolute Gasteiger partial charge is 0.309 e. The van der Waals surface area contributed by atoms with Crippen molar-refractivity contribution in [3.63, 3.8) is 0 Å². The van der Waals surface area contributed by atoms with Gasteiger partial charge in [0.15, 0.2) is 0 Å². The first kappa shape index (κ1) is 28.2. The zero-order valence-electron chi connectivity index (χ0n) is 22.6. The molecule has 8 atom stereocenters. The Morgan fingerprint density at radius 2 is 1.89 bits per heavy atom. The number of carbonyl (C=O) groups is 3. The number of ether oxygens (including phenoxy) is 4. The van der Waals surface area contributed by atoms with Crippen LogP contribution >= 0.6 is 0 Å². The van der Waals surface area contributed by atoms with E-state index < -0.39 is 36.0 Å². The average Bonchev–Trinajstić information content (AvgIpc) is 3.10. The fourth-order valence-electron chi connectivity index (χ4n) is 6.39. The van der Waals surface area contributed by atoms with Gasteiger partial charge in [-0.2, -0.15) is 0 Å². The van der Waals surface area contributed by atoms with Gasteiger partial charge in [-0.15, -0.1) is 0 Å². The van der Waals surface area contributed by atoms with Gasteiger partial charge >= 0.3 is 17.9 Å². The van der Waals surface area contributed by atoms with Gasteiger partial charge in [0.2, 0.25) is 12.6 Å².